The second kappa shape index (κ2) is 7.00. The zero-order valence-electron chi connectivity index (χ0n) is 10.7. The largest absolute Gasteiger partial charge is 0.324 e. The molecule has 0 aliphatic rings. The van der Waals surface area contributed by atoms with Crippen molar-refractivity contribution in [2.45, 2.75) is 10.7 Å². The van der Waals surface area contributed by atoms with Crippen LogP contribution >= 0.6 is 11.8 Å². The van der Waals surface area contributed by atoms with Gasteiger partial charge in [0.25, 0.3) is 11.7 Å². The molecule has 21 heavy (non-hydrogen) atoms. The van der Waals surface area contributed by atoms with Crippen molar-refractivity contribution in [3.63, 3.8) is 0 Å². The minimum absolute atomic E-state index is 0.127. The van der Waals surface area contributed by atoms with Crippen LogP contribution in [0.4, 0.5) is 20.2 Å². The fraction of sp³-hybridized carbons (Fsp3) is 0.0769. The number of alkyl halides is 2. The molecule has 2 rings (SSSR count). The first-order chi connectivity index (χ1) is 10.1. The Balaban J connectivity index is 2.19. The van der Waals surface area contributed by atoms with Crippen LogP contribution in [0.1, 0.15) is 10.5 Å². The number of anilines is 2. The molecule has 110 valence electrons. The van der Waals surface area contributed by atoms with Crippen molar-refractivity contribution in [2.24, 2.45) is 5.84 Å². The highest BCUT2D eigenvalue weighted by Gasteiger charge is 2.13. The maximum atomic E-state index is 12.5. The van der Waals surface area contributed by atoms with Crippen molar-refractivity contribution in [2.75, 3.05) is 10.7 Å². The topological polar surface area (TPSA) is 80.0 Å². The summed E-state index contributed by atoms with van der Waals surface area (Å²) in [7, 11) is 0. The highest BCUT2D eigenvalue weighted by atomic mass is 32.2. The van der Waals surface area contributed by atoms with Gasteiger partial charge in [-0.05, 0) is 24.3 Å². The molecule has 0 bridgehead atoms. The number of rotatable bonds is 5. The molecule has 1 aromatic carbocycles. The molecule has 8 heteroatoms. The lowest BCUT2D eigenvalue weighted by Gasteiger charge is -2.10. The second-order valence-electron chi connectivity index (χ2n) is 3.90. The Morgan fingerprint density at radius 2 is 2.05 bits per heavy atom. The number of benzene rings is 1. The lowest BCUT2D eigenvalue weighted by Crippen LogP contribution is -2.15. The summed E-state index contributed by atoms with van der Waals surface area (Å²) in [6, 6.07) is 9.38. The van der Waals surface area contributed by atoms with E-state index in [1.165, 1.54) is 18.3 Å². The van der Waals surface area contributed by atoms with Crippen molar-refractivity contribution in [1.29, 1.82) is 0 Å². The Bertz CT molecular complexity index is 639. The number of nitrogens with two attached hydrogens (primary N) is 1. The number of thioether (sulfide) groups is 1. The van der Waals surface area contributed by atoms with Gasteiger partial charge >= 0.3 is 0 Å². The van der Waals surface area contributed by atoms with Gasteiger partial charge in [0.05, 0.1) is 11.4 Å². The number of halogens is 2. The predicted octanol–water partition coefficient (Wildman–Crippen LogP) is 2.93. The first-order valence-electron chi connectivity index (χ1n) is 5.88. The van der Waals surface area contributed by atoms with Crippen LogP contribution in [0.15, 0.2) is 47.5 Å². The molecule has 4 N–H and O–H groups in total. The lowest BCUT2D eigenvalue weighted by molar-refractivity contribution is 0.102. The maximum absolute atomic E-state index is 12.5. The van der Waals surface area contributed by atoms with Gasteiger partial charge in [0.15, 0.2) is 0 Å². The molecule has 0 aliphatic heterocycles. The number of aromatic nitrogens is 1. The monoisotopic (exact) mass is 310 g/mol. The van der Waals surface area contributed by atoms with Crippen LogP contribution in [0.5, 0.6) is 0 Å². The van der Waals surface area contributed by atoms with E-state index < -0.39 is 11.7 Å². The Hall–Kier alpha value is -2.19. The normalized spacial score (nSPS) is 10.5. The number of pyridine rings is 1. The Labute approximate surface area is 123 Å². The van der Waals surface area contributed by atoms with Crippen LogP contribution in [0, 0.1) is 0 Å². The molecular formula is C13H12F2N4OS. The van der Waals surface area contributed by atoms with Crippen LogP contribution in [0.3, 0.4) is 0 Å². The molecule has 1 amide bonds. The summed E-state index contributed by atoms with van der Waals surface area (Å²) in [6.07, 6.45) is 1.42. The molecular weight excluding hydrogens is 298 g/mol. The van der Waals surface area contributed by atoms with E-state index in [9.17, 15) is 13.6 Å². The van der Waals surface area contributed by atoms with Crippen LogP contribution in [0.25, 0.3) is 0 Å². The standard InChI is InChI=1S/C13H12F2N4OS/c14-13(15)21-11-4-2-1-3-9(11)18-12(20)10-7-8(19-16)5-6-17-10/h1-7,13H,16H2,(H,17,19)(H,18,20). The van der Waals surface area contributed by atoms with Gasteiger partial charge in [-0.1, -0.05) is 23.9 Å². The minimum atomic E-state index is -2.56. The zero-order chi connectivity index (χ0) is 15.2. The number of carbonyl (C=O) groups excluding carboxylic acids is 1. The van der Waals surface area contributed by atoms with E-state index >= 15 is 0 Å². The highest BCUT2D eigenvalue weighted by Crippen LogP contribution is 2.31. The molecule has 5 nitrogen and oxygen atoms in total. The second-order valence-corrected chi connectivity index (χ2v) is 4.93. The molecule has 1 heterocycles. The summed E-state index contributed by atoms with van der Waals surface area (Å²) in [6.45, 7) is 0. The average molecular weight is 310 g/mol. The van der Waals surface area contributed by atoms with E-state index in [1.807, 2.05) is 0 Å². The van der Waals surface area contributed by atoms with E-state index in [0.717, 1.165) is 0 Å². The van der Waals surface area contributed by atoms with E-state index in [1.54, 1.807) is 24.3 Å². The molecule has 0 radical (unpaired) electrons. The summed E-state index contributed by atoms with van der Waals surface area (Å²) < 4.78 is 25.0. The molecule has 0 unspecified atom stereocenters. The van der Waals surface area contributed by atoms with Gasteiger partial charge in [-0.2, -0.15) is 8.78 Å². The maximum Gasteiger partial charge on any atom is 0.288 e. The van der Waals surface area contributed by atoms with E-state index in [2.05, 4.69) is 15.7 Å². The fourth-order valence-electron chi connectivity index (χ4n) is 1.60. The van der Waals surface area contributed by atoms with Crippen molar-refractivity contribution >= 4 is 29.0 Å². The number of para-hydroxylation sites is 1. The Kier molecular flexibility index (Phi) is 5.07. The van der Waals surface area contributed by atoms with Gasteiger partial charge in [0.1, 0.15) is 5.69 Å². The Morgan fingerprint density at radius 1 is 1.29 bits per heavy atom. The Morgan fingerprint density at radius 3 is 2.76 bits per heavy atom. The summed E-state index contributed by atoms with van der Waals surface area (Å²) >= 11 is 0.369. The van der Waals surface area contributed by atoms with Gasteiger partial charge in [0.2, 0.25) is 0 Å². The zero-order valence-corrected chi connectivity index (χ0v) is 11.5. The quantitative estimate of drug-likeness (QED) is 0.449. The first kappa shape index (κ1) is 15.2. The molecule has 0 fully saturated rings. The fourth-order valence-corrected chi connectivity index (χ4v) is 2.19. The summed E-state index contributed by atoms with van der Waals surface area (Å²) in [5, 5.41) is 2.56. The van der Waals surface area contributed by atoms with E-state index in [0.29, 0.717) is 23.1 Å². The van der Waals surface area contributed by atoms with Gasteiger partial charge in [-0.15, -0.1) is 0 Å². The van der Waals surface area contributed by atoms with Gasteiger partial charge in [-0.3, -0.25) is 15.6 Å². The number of carbonyl (C=O) groups is 1. The third kappa shape index (κ3) is 4.14. The van der Waals surface area contributed by atoms with Crippen molar-refractivity contribution in [3.8, 4) is 0 Å². The first-order valence-corrected chi connectivity index (χ1v) is 6.76. The van der Waals surface area contributed by atoms with Crippen LogP contribution in [-0.4, -0.2) is 16.6 Å². The SMILES string of the molecule is NNc1ccnc(C(=O)Nc2ccccc2SC(F)F)c1. The van der Waals surface area contributed by atoms with E-state index in [-0.39, 0.29) is 10.6 Å². The van der Waals surface area contributed by atoms with E-state index in [4.69, 9.17) is 5.84 Å². The number of hydrazine groups is 1. The molecule has 0 atom stereocenters. The number of nitrogens with one attached hydrogen (secondary N) is 2. The summed E-state index contributed by atoms with van der Waals surface area (Å²) in [4.78, 5) is 16.3. The highest BCUT2D eigenvalue weighted by molar-refractivity contribution is 7.99. The third-order valence-corrected chi connectivity index (χ3v) is 3.30. The van der Waals surface area contributed by atoms with Gasteiger partial charge < -0.3 is 10.7 Å². The van der Waals surface area contributed by atoms with Crippen LogP contribution in [0.2, 0.25) is 0 Å². The predicted molar refractivity (Wildman–Crippen MR) is 78.3 cm³/mol. The molecule has 0 saturated heterocycles. The third-order valence-electron chi connectivity index (χ3n) is 2.51. The number of nitrogens with zero attached hydrogens (tertiary/aromatic N) is 1. The average Bonchev–Trinajstić information content (AvgIpc) is 2.48. The van der Waals surface area contributed by atoms with Crippen molar-refractivity contribution in [1.82, 2.24) is 4.98 Å². The van der Waals surface area contributed by atoms with Crippen LogP contribution in [-0.2, 0) is 0 Å². The minimum Gasteiger partial charge on any atom is -0.324 e. The number of amides is 1. The van der Waals surface area contributed by atoms with Gasteiger partial charge in [-0.25, -0.2) is 0 Å². The van der Waals surface area contributed by atoms with Crippen LogP contribution < -0.4 is 16.6 Å². The number of hydrogen-bond donors (Lipinski definition) is 3. The van der Waals surface area contributed by atoms with Crippen molar-refractivity contribution < 1.29 is 13.6 Å². The molecule has 0 saturated carbocycles. The molecule has 0 spiro atoms. The van der Waals surface area contributed by atoms with Crippen molar-refractivity contribution in [3.05, 3.63) is 48.3 Å². The molecule has 1 aromatic heterocycles. The summed E-state index contributed by atoms with van der Waals surface area (Å²) in [5.74, 6) is 2.19. The number of hydrogen-bond acceptors (Lipinski definition) is 5. The molecule has 2 aromatic rings. The summed E-state index contributed by atoms with van der Waals surface area (Å²) in [5.41, 5.74) is 3.35. The van der Waals surface area contributed by atoms with Gasteiger partial charge in [0, 0.05) is 11.1 Å². The molecule has 0 aliphatic carbocycles. The smallest absolute Gasteiger partial charge is 0.288 e. The lowest BCUT2D eigenvalue weighted by atomic mass is 10.2. The number of nitrogen functional groups attached to an aromatic ring is 1.